The van der Waals surface area contributed by atoms with E-state index in [4.69, 9.17) is 10.5 Å². The Morgan fingerprint density at radius 1 is 1.26 bits per heavy atom. The Bertz CT molecular complexity index is 560. The van der Waals surface area contributed by atoms with E-state index in [0.717, 1.165) is 10.8 Å². The third-order valence-corrected chi connectivity index (χ3v) is 3.49. The number of hydrogen-bond acceptors (Lipinski definition) is 5. The molecule has 1 aromatic heterocycles. The van der Waals surface area contributed by atoms with Gasteiger partial charge in [0.25, 0.3) is 0 Å². The molecule has 0 bridgehead atoms. The third-order valence-electron chi connectivity index (χ3n) is 2.51. The quantitative estimate of drug-likeness (QED) is 0.671. The zero-order chi connectivity index (χ0) is 13.7. The summed E-state index contributed by atoms with van der Waals surface area (Å²) in [7, 11) is 1.62. The highest BCUT2D eigenvalue weighted by molar-refractivity contribution is 7.98. The van der Waals surface area contributed by atoms with Crippen LogP contribution in [0.2, 0.25) is 0 Å². The molecule has 2 N–H and O–H groups in total. The van der Waals surface area contributed by atoms with Crippen molar-refractivity contribution in [3.05, 3.63) is 47.3 Å². The number of rotatable bonds is 5. The van der Waals surface area contributed by atoms with Crippen LogP contribution in [0, 0.1) is 6.92 Å². The van der Waals surface area contributed by atoms with Crippen LogP contribution in [0.25, 0.3) is 0 Å². The van der Waals surface area contributed by atoms with Gasteiger partial charge in [-0.1, -0.05) is 29.8 Å². The van der Waals surface area contributed by atoms with Crippen LogP contribution in [0.5, 0.6) is 0 Å². The van der Waals surface area contributed by atoms with Crippen LogP contribution in [0.4, 0.5) is 5.82 Å². The van der Waals surface area contributed by atoms with Crippen molar-refractivity contribution in [2.75, 3.05) is 12.8 Å². The molecule has 0 radical (unpaired) electrons. The fourth-order valence-electron chi connectivity index (χ4n) is 1.72. The lowest BCUT2D eigenvalue weighted by Gasteiger charge is -2.05. The minimum absolute atomic E-state index is 0.378. The molecule has 0 unspecified atom stereocenters. The van der Waals surface area contributed by atoms with Gasteiger partial charge in [-0.15, -0.1) is 11.8 Å². The Hall–Kier alpha value is -1.59. The molecule has 0 amide bonds. The van der Waals surface area contributed by atoms with Gasteiger partial charge in [0.1, 0.15) is 17.5 Å². The largest absolute Gasteiger partial charge is 0.384 e. The summed E-state index contributed by atoms with van der Waals surface area (Å²) in [5.41, 5.74) is 8.30. The first-order chi connectivity index (χ1) is 9.17. The average molecular weight is 275 g/mol. The molecule has 0 saturated carbocycles. The summed E-state index contributed by atoms with van der Waals surface area (Å²) < 4.78 is 5.03. The second-order valence-corrected chi connectivity index (χ2v) is 5.25. The molecule has 0 aliphatic rings. The summed E-state index contributed by atoms with van der Waals surface area (Å²) >= 11 is 1.65. The Labute approximate surface area is 117 Å². The van der Waals surface area contributed by atoms with Crippen LogP contribution in [-0.4, -0.2) is 17.1 Å². The number of ether oxygens (including phenoxy) is 1. The normalized spacial score (nSPS) is 10.6. The number of thioether (sulfide) groups is 1. The van der Waals surface area contributed by atoms with Crippen molar-refractivity contribution in [3.63, 3.8) is 0 Å². The van der Waals surface area contributed by atoms with E-state index in [1.54, 1.807) is 24.9 Å². The van der Waals surface area contributed by atoms with Gasteiger partial charge in [0.15, 0.2) is 5.82 Å². The molecule has 100 valence electrons. The van der Waals surface area contributed by atoms with Gasteiger partial charge < -0.3 is 10.5 Å². The first kappa shape index (κ1) is 13.8. The molecule has 1 aromatic carbocycles. The number of hydrogen-bond donors (Lipinski definition) is 1. The molecule has 4 nitrogen and oxygen atoms in total. The van der Waals surface area contributed by atoms with E-state index in [9.17, 15) is 0 Å². The average Bonchev–Trinajstić information content (AvgIpc) is 2.36. The van der Waals surface area contributed by atoms with Crippen molar-refractivity contribution in [2.45, 2.75) is 24.3 Å². The van der Waals surface area contributed by atoms with Gasteiger partial charge in [0, 0.05) is 18.9 Å². The topological polar surface area (TPSA) is 61.0 Å². The lowest BCUT2D eigenvalue weighted by molar-refractivity contribution is 0.177. The Morgan fingerprint density at radius 3 is 2.84 bits per heavy atom. The summed E-state index contributed by atoms with van der Waals surface area (Å²) in [6.45, 7) is 2.47. The first-order valence-electron chi connectivity index (χ1n) is 5.98. The molecule has 0 saturated heterocycles. The number of nitrogens with two attached hydrogens (primary N) is 1. The summed E-state index contributed by atoms with van der Waals surface area (Å²) in [5.74, 6) is 1.97. The molecule has 2 aromatic rings. The van der Waals surface area contributed by atoms with Crippen LogP contribution in [0.1, 0.15) is 17.0 Å². The predicted molar refractivity (Wildman–Crippen MR) is 77.9 cm³/mol. The van der Waals surface area contributed by atoms with Crippen molar-refractivity contribution in [1.82, 2.24) is 9.97 Å². The minimum Gasteiger partial charge on any atom is -0.384 e. The van der Waals surface area contributed by atoms with Crippen LogP contribution < -0.4 is 5.73 Å². The molecule has 0 aliphatic heterocycles. The van der Waals surface area contributed by atoms with E-state index in [-0.39, 0.29) is 0 Å². The zero-order valence-corrected chi connectivity index (χ0v) is 11.9. The molecule has 0 spiro atoms. The molecule has 0 aliphatic carbocycles. The SMILES string of the molecule is COCc1nc(N)cc(SCc2cccc(C)c2)n1. The molecule has 0 atom stereocenters. The van der Waals surface area contributed by atoms with Gasteiger partial charge in [-0.25, -0.2) is 9.97 Å². The van der Waals surface area contributed by atoms with Gasteiger partial charge in [0.05, 0.1) is 0 Å². The summed E-state index contributed by atoms with van der Waals surface area (Å²) in [4.78, 5) is 8.53. The predicted octanol–water partition coefficient (Wildman–Crippen LogP) is 2.81. The number of methoxy groups -OCH3 is 1. The van der Waals surface area contributed by atoms with Gasteiger partial charge in [-0.05, 0) is 12.5 Å². The van der Waals surface area contributed by atoms with E-state index in [1.165, 1.54) is 11.1 Å². The maximum Gasteiger partial charge on any atom is 0.157 e. The van der Waals surface area contributed by atoms with Crippen molar-refractivity contribution in [1.29, 1.82) is 0 Å². The number of aryl methyl sites for hydroxylation is 1. The lowest BCUT2D eigenvalue weighted by Crippen LogP contribution is -2.01. The smallest absolute Gasteiger partial charge is 0.157 e. The third kappa shape index (κ3) is 4.22. The summed E-state index contributed by atoms with van der Waals surface area (Å²) in [6.07, 6.45) is 0. The van der Waals surface area contributed by atoms with E-state index >= 15 is 0 Å². The maximum atomic E-state index is 5.76. The molecule has 2 rings (SSSR count). The van der Waals surface area contributed by atoms with Crippen LogP contribution in [-0.2, 0) is 17.1 Å². The van der Waals surface area contributed by atoms with Gasteiger partial charge in [-0.2, -0.15) is 0 Å². The van der Waals surface area contributed by atoms with Crippen LogP contribution >= 0.6 is 11.8 Å². The number of anilines is 1. The Balaban J connectivity index is 2.06. The Kier molecular flexibility index (Phi) is 4.76. The molecule has 19 heavy (non-hydrogen) atoms. The van der Waals surface area contributed by atoms with Crippen LogP contribution in [0.3, 0.4) is 0 Å². The van der Waals surface area contributed by atoms with E-state index in [2.05, 4.69) is 41.2 Å². The molecule has 1 heterocycles. The Morgan fingerprint density at radius 2 is 2.11 bits per heavy atom. The second-order valence-electron chi connectivity index (χ2n) is 4.26. The fraction of sp³-hybridized carbons (Fsp3) is 0.286. The lowest BCUT2D eigenvalue weighted by atomic mass is 10.2. The van der Waals surface area contributed by atoms with E-state index in [1.807, 2.05) is 0 Å². The van der Waals surface area contributed by atoms with Crippen molar-refractivity contribution in [3.8, 4) is 0 Å². The number of benzene rings is 1. The van der Waals surface area contributed by atoms with Crippen LogP contribution in [0.15, 0.2) is 35.4 Å². The minimum atomic E-state index is 0.378. The first-order valence-corrected chi connectivity index (χ1v) is 6.96. The zero-order valence-electron chi connectivity index (χ0n) is 11.1. The monoisotopic (exact) mass is 275 g/mol. The van der Waals surface area contributed by atoms with Gasteiger partial charge in [-0.3, -0.25) is 0 Å². The summed E-state index contributed by atoms with van der Waals surface area (Å²) in [6, 6.07) is 10.2. The summed E-state index contributed by atoms with van der Waals surface area (Å²) in [5, 5.41) is 0.876. The van der Waals surface area contributed by atoms with Crippen molar-refractivity contribution >= 4 is 17.6 Å². The standard InChI is InChI=1S/C14H17N3OS/c1-10-4-3-5-11(6-10)9-19-14-7-12(15)16-13(17-14)8-18-2/h3-7H,8-9H2,1-2H3,(H2,15,16,17). The van der Waals surface area contributed by atoms with Crippen molar-refractivity contribution in [2.24, 2.45) is 0 Å². The highest BCUT2D eigenvalue weighted by Gasteiger charge is 2.04. The van der Waals surface area contributed by atoms with Crippen molar-refractivity contribution < 1.29 is 4.74 Å². The molecular weight excluding hydrogens is 258 g/mol. The molecule has 0 fully saturated rings. The molecule has 5 heteroatoms. The van der Waals surface area contributed by atoms with Gasteiger partial charge >= 0.3 is 0 Å². The number of nitrogens with zero attached hydrogens (tertiary/aromatic N) is 2. The number of aromatic nitrogens is 2. The highest BCUT2D eigenvalue weighted by Crippen LogP contribution is 2.22. The maximum absolute atomic E-state index is 5.76. The second kappa shape index (κ2) is 6.54. The van der Waals surface area contributed by atoms with Gasteiger partial charge in [0.2, 0.25) is 0 Å². The fourth-order valence-corrected chi connectivity index (χ4v) is 2.59. The van der Waals surface area contributed by atoms with E-state index in [0.29, 0.717) is 18.2 Å². The number of nitrogen functional groups attached to an aromatic ring is 1. The highest BCUT2D eigenvalue weighted by atomic mass is 32.2. The molecular formula is C14H17N3OS. The van der Waals surface area contributed by atoms with E-state index < -0.39 is 0 Å².